The summed E-state index contributed by atoms with van der Waals surface area (Å²) in [5.74, 6) is 1.40. The average molecular weight is 316 g/mol. The van der Waals surface area contributed by atoms with E-state index in [-0.39, 0.29) is 0 Å². The molecular formula is C16H24N6O. The Balaban J connectivity index is 1.55. The minimum Gasteiger partial charge on any atom is -0.340 e. The Hall–Kier alpha value is -1.86. The van der Waals surface area contributed by atoms with Gasteiger partial charge in [0.2, 0.25) is 5.89 Å². The minimum absolute atomic E-state index is 0.514. The highest BCUT2D eigenvalue weighted by Crippen LogP contribution is 2.17. The Morgan fingerprint density at radius 1 is 1.30 bits per heavy atom. The molecule has 1 fully saturated rings. The number of hydrogen-bond acceptors (Lipinski definition) is 7. The van der Waals surface area contributed by atoms with E-state index in [9.17, 15) is 0 Å². The summed E-state index contributed by atoms with van der Waals surface area (Å²) in [6.45, 7) is 7.47. The lowest BCUT2D eigenvalue weighted by atomic mass is 10.0. The van der Waals surface area contributed by atoms with Gasteiger partial charge in [0.15, 0.2) is 5.82 Å². The molecule has 0 aromatic carbocycles. The molecule has 124 valence electrons. The molecular weight excluding hydrogens is 292 g/mol. The second-order valence-corrected chi connectivity index (χ2v) is 6.33. The van der Waals surface area contributed by atoms with Crippen molar-refractivity contribution < 1.29 is 4.52 Å². The van der Waals surface area contributed by atoms with Crippen LogP contribution in [0.15, 0.2) is 16.9 Å². The van der Waals surface area contributed by atoms with Gasteiger partial charge in [0.05, 0.1) is 17.9 Å². The standard InChI is InChI=1S/C16H24N6O/c1-12-7-18-14(8-17-12)9-21(3)15-5-4-6-22(10-15)11-16-19-13(2)23-20-16/h7-8,15H,4-6,9-11H2,1-3H3/t15-/m1/s1. The molecule has 7 heteroatoms. The summed E-state index contributed by atoms with van der Waals surface area (Å²) in [5, 5.41) is 4.00. The van der Waals surface area contributed by atoms with Gasteiger partial charge in [-0.3, -0.25) is 19.8 Å². The molecule has 1 atom stereocenters. The molecule has 0 radical (unpaired) electrons. The van der Waals surface area contributed by atoms with Gasteiger partial charge in [0.25, 0.3) is 0 Å². The van der Waals surface area contributed by atoms with Crippen LogP contribution in [0, 0.1) is 13.8 Å². The molecule has 0 bridgehead atoms. The molecule has 0 aliphatic carbocycles. The van der Waals surface area contributed by atoms with Gasteiger partial charge in [-0.05, 0) is 33.4 Å². The van der Waals surface area contributed by atoms with Gasteiger partial charge in [0.1, 0.15) is 0 Å². The lowest BCUT2D eigenvalue weighted by molar-refractivity contribution is 0.104. The van der Waals surface area contributed by atoms with Crippen LogP contribution in [0.5, 0.6) is 0 Å². The lowest BCUT2D eigenvalue weighted by Crippen LogP contribution is -2.46. The number of aromatic nitrogens is 4. The van der Waals surface area contributed by atoms with Gasteiger partial charge in [-0.25, -0.2) is 0 Å². The number of hydrogen-bond donors (Lipinski definition) is 0. The Kier molecular flexibility index (Phi) is 4.97. The van der Waals surface area contributed by atoms with Crippen molar-refractivity contribution in [3.63, 3.8) is 0 Å². The maximum Gasteiger partial charge on any atom is 0.223 e. The van der Waals surface area contributed by atoms with E-state index in [1.54, 1.807) is 0 Å². The fourth-order valence-electron chi connectivity index (χ4n) is 3.03. The van der Waals surface area contributed by atoms with Crippen molar-refractivity contribution in [2.45, 2.75) is 45.8 Å². The molecule has 1 aliphatic rings. The summed E-state index contributed by atoms with van der Waals surface area (Å²) in [5.41, 5.74) is 1.97. The van der Waals surface area contributed by atoms with Gasteiger partial charge in [0, 0.05) is 38.4 Å². The van der Waals surface area contributed by atoms with Crippen molar-refractivity contribution in [2.75, 3.05) is 20.1 Å². The number of nitrogens with zero attached hydrogens (tertiary/aromatic N) is 6. The van der Waals surface area contributed by atoms with Crippen LogP contribution in [0.4, 0.5) is 0 Å². The van der Waals surface area contributed by atoms with E-state index in [1.165, 1.54) is 12.8 Å². The van der Waals surface area contributed by atoms with Crippen LogP contribution in [0.3, 0.4) is 0 Å². The van der Waals surface area contributed by atoms with E-state index in [0.717, 1.165) is 43.4 Å². The van der Waals surface area contributed by atoms with E-state index in [1.807, 2.05) is 26.2 Å². The molecule has 0 N–H and O–H groups in total. The van der Waals surface area contributed by atoms with Gasteiger partial charge >= 0.3 is 0 Å². The first-order valence-electron chi connectivity index (χ1n) is 8.09. The summed E-state index contributed by atoms with van der Waals surface area (Å²) in [4.78, 5) is 17.8. The zero-order valence-electron chi connectivity index (χ0n) is 14.1. The van der Waals surface area contributed by atoms with E-state index in [4.69, 9.17) is 4.52 Å². The third kappa shape index (κ3) is 4.33. The van der Waals surface area contributed by atoms with Crippen molar-refractivity contribution in [1.29, 1.82) is 0 Å². The third-order valence-corrected chi connectivity index (χ3v) is 4.28. The van der Waals surface area contributed by atoms with E-state index in [2.05, 4.69) is 37.0 Å². The summed E-state index contributed by atoms with van der Waals surface area (Å²) in [7, 11) is 2.16. The van der Waals surface area contributed by atoms with Gasteiger partial charge in [-0.2, -0.15) is 4.98 Å². The van der Waals surface area contributed by atoms with Crippen molar-refractivity contribution in [2.24, 2.45) is 0 Å². The maximum absolute atomic E-state index is 5.06. The van der Waals surface area contributed by atoms with Crippen LogP contribution < -0.4 is 0 Å². The highest BCUT2D eigenvalue weighted by Gasteiger charge is 2.24. The largest absolute Gasteiger partial charge is 0.340 e. The van der Waals surface area contributed by atoms with Gasteiger partial charge < -0.3 is 4.52 Å². The average Bonchev–Trinajstić information content (AvgIpc) is 2.95. The summed E-state index contributed by atoms with van der Waals surface area (Å²) in [6.07, 6.45) is 6.09. The molecule has 0 unspecified atom stereocenters. The molecule has 2 aromatic heterocycles. The second-order valence-electron chi connectivity index (χ2n) is 6.33. The fraction of sp³-hybridized carbons (Fsp3) is 0.625. The van der Waals surface area contributed by atoms with E-state index in [0.29, 0.717) is 11.9 Å². The van der Waals surface area contributed by atoms with Crippen LogP contribution in [0.25, 0.3) is 0 Å². The van der Waals surface area contributed by atoms with Crippen molar-refractivity contribution in [1.82, 2.24) is 29.9 Å². The van der Waals surface area contributed by atoms with Gasteiger partial charge in [-0.15, -0.1) is 0 Å². The topological polar surface area (TPSA) is 71.2 Å². The summed E-state index contributed by atoms with van der Waals surface area (Å²) in [6, 6.07) is 0.514. The molecule has 3 heterocycles. The molecule has 0 amide bonds. The highest BCUT2D eigenvalue weighted by molar-refractivity contribution is 5.01. The number of rotatable bonds is 5. The third-order valence-electron chi connectivity index (χ3n) is 4.28. The summed E-state index contributed by atoms with van der Waals surface area (Å²) < 4.78 is 5.06. The first kappa shape index (κ1) is 16.0. The normalized spacial score (nSPS) is 19.4. The molecule has 7 nitrogen and oxygen atoms in total. The quantitative estimate of drug-likeness (QED) is 0.829. The van der Waals surface area contributed by atoms with Crippen molar-refractivity contribution in [3.05, 3.63) is 35.5 Å². The molecule has 3 rings (SSSR count). The maximum atomic E-state index is 5.06. The predicted molar refractivity (Wildman–Crippen MR) is 85.6 cm³/mol. The minimum atomic E-state index is 0.514. The first-order valence-corrected chi connectivity index (χ1v) is 8.09. The van der Waals surface area contributed by atoms with Crippen LogP contribution >= 0.6 is 0 Å². The Morgan fingerprint density at radius 3 is 2.87 bits per heavy atom. The second kappa shape index (κ2) is 7.14. The Morgan fingerprint density at radius 2 is 2.17 bits per heavy atom. The first-order chi connectivity index (χ1) is 11.1. The van der Waals surface area contributed by atoms with Crippen LogP contribution in [-0.2, 0) is 13.1 Å². The van der Waals surface area contributed by atoms with E-state index >= 15 is 0 Å². The molecule has 0 spiro atoms. The van der Waals surface area contributed by atoms with E-state index < -0.39 is 0 Å². The molecule has 23 heavy (non-hydrogen) atoms. The molecule has 1 saturated heterocycles. The number of aryl methyl sites for hydroxylation is 2. The van der Waals surface area contributed by atoms with Crippen molar-refractivity contribution >= 4 is 0 Å². The van der Waals surface area contributed by atoms with Crippen LogP contribution in [0.1, 0.15) is 35.9 Å². The highest BCUT2D eigenvalue weighted by atomic mass is 16.5. The number of likely N-dealkylation sites (tertiary alicyclic amines) is 1. The number of likely N-dealkylation sites (N-methyl/N-ethyl adjacent to an activating group) is 1. The SMILES string of the molecule is Cc1cnc(CN(C)[C@@H]2CCCN(Cc3noc(C)n3)C2)cn1. The Labute approximate surface area is 136 Å². The van der Waals surface area contributed by atoms with Crippen molar-refractivity contribution in [3.8, 4) is 0 Å². The number of piperidine rings is 1. The lowest BCUT2D eigenvalue weighted by Gasteiger charge is -2.37. The monoisotopic (exact) mass is 316 g/mol. The van der Waals surface area contributed by atoms with Crippen LogP contribution in [0.2, 0.25) is 0 Å². The summed E-state index contributed by atoms with van der Waals surface area (Å²) >= 11 is 0. The zero-order chi connectivity index (χ0) is 16.2. The zero-order valence-corrected chi connectivity index (χ0v) is 14.1. The van der Waals surface area contributed by atoms with Gasteiger partial charge in [-0.1, -0.05) is 5.16 Å². The molecule has 1 aliphatic heterocycles. The van der Waals surface area contributed by atoms with Crippen LogP contribution in [-0.4, -0.2) is 56.1 Å². The molecule has 0 saturated carbocycles. The smallest absolute Gasteiger partial charge is 0.223 e. The predicted octanol–water partition coefficient (Wildman–Crippen LogP) is 1.57. The fourth-order valence-corrected chi connectivity index (χ4v) is 3.03. The Bertz CT molecular complexity index is 626. The molecule has 2 aromatic rings.